The van der Waals surface area contributed by atoms with Crippen LogP contribution in [0.4, 0.5) is 0 Å². The summed E-state index contributed by atoms with van der Waals surface area (Å²) < 4.78 is 11.7. The first-order valence-corrected chi connectivity index (χ1v) is 6.62. The molecule has 0 saturated carbocycles. The molecule has 0 aromatic rings. The molecular weight excluding hydrogens is 230 g/mol. The molecule has 0 spiro atoms. The minimum absolute atomic E-state index is 0.244. The highest BCUT2D eigenvalue weighted by atomic mass is 16.5. The molecule has 0 rings (SSSR count). The minimum Gasteiger partial charge on any atom is -0.379 e. The predicted octanol–water partition coefficient (Wildman–Crippen LogP) is 1.73. The number of rotatable bonds is 9. The van der Waals surface area contributed by atoms with Gasteiger partial charge >= 0.3 is 0 Å². The SMILES string of the molecule is CC(C)(C)C(=O)CCOCCOCC[N+](C)(C)C. The van der Waals surface area contributed by atoms with Crippen LogP contribution in [-0.4, -0.2) is 64.4 Å². The Morgan fingerprint density at radius 3 is 1.89 bits per heavy atom. The Balaban J connectivity index is 3.35. The number of carbonyl (C=O) groups excluding carboxylic acids is 1. The van der Waals surface area contributed by atoms with Gasteiger partial charge in [-0.25, -0.2) is 0 Å². The van der Waals surface area contributed by atoms with Crippen molar-refractivity contribution in [3.05, 3.63) is 0 Å². The van der Waals surface area contributed by atoms with Crippen LogP contribution < -0.4 is 0 Å². The fourth-order valence-electron chi connectivity index (χ4n) is 1.20. The van der Waals surface area contributed by atoms with Crippen molar-refractivity contribution in [2.45, 2.75) is 27.2 Å². The first-order chi connectivity index (χ1) is 8.13. The number of hydrogen-bond donors (Lipinski definition) is 0. The summed E-state index contributed by atoms with van der Waals surface area (Å²) in [6, 6.07) is 0. The van der Waals surface area contributed by atoms with Crippen molar-refractivity contribution in [1.82, 2.24) is 0 Å². The fraction of sp³-hybridized carbons (Fsp3) is 0.929. The molecule has 0 aliphatic carbocycles. The van der Waals surface area contributed by atoms with E-state index in [1.165, 1.54) is 0 Å². The summed E-state index contributed by atoms with van der Waals surface area (Å²) in [5.74, 6) is 0.244. The van der Waals surface area contributed by atoms with Crippen molar-refractivity contribution >= 4 is 5.78 Å². The number of quaternary nitrogens is 1. The molecule has 18 heavy (non-hydrogen) atoms. The normalized spacial score (nSPS) is 12.8. The number of likely N-dealkylation sites (N-methyl/N-ethyl adjacent to an activating group) is 1. The van der Waals surface area contributed by atoms with Crippen LogP contribution in [0.2, 0.25) is 0 Å². The summed E-state index contributed by atoms with van der Waals surface area (Å²) in [6.07, 6.45) is 0.488. The van der Waals surface area contributed by atoms with Crippen LogP contribution in [0.25, 0.3) is 0 Å². The van der Waals surface area contributed by atoms with Crippen LogP contribution in [-0.2, 0) is 14.3 Å². The second-order valence-corrected chi connectivity index (χ2v) is 6.66. The van der Waals surface area contributed by atoms with E-state index in [1.54, 1.807) is 0 Å². The third-order valence-corrected chi connectivity index (χ3v) is 2.59. The topological polar surface area (TPSA) is 35.5 Å². The van der Waals surface area contributed by atoms with Gasteiger partial charge in [-0.3, -0.25) is 4.79 Å². The Hall–Kier alpha value is -0.450. The van der Waals surface area contributed by atoms with E-state index in [2.05, 4.69) is 21.1 Å². The van der Waals surface area contributed by atoms with Gasteiger partial charge in [0.2, 0.25) is 0 Å². The largest absolute Gasteiger partial charge is 0.379 e. The lowest BCUT2D eigenvalue weighted by molar-refractivity contribution is -0.870. The van der Waals surface area contributed by atoms with Gasteiger partial charge in [0, 0.05) is 11.8 Å². The van der Waals surface area contributed by atoms with Crippen LogP contribution in [0.3, 0.4) is 0 Å². The maximum atomic E-state index is 11.6. The van der Waals surface area contributed by atoms with Crippen molar-refractivity contribution < 1.29 is 18.8 Å². The summed E-state index contributed by atoms with van der Waals surface area (Å²) in [4.78, 5) is 11.6. The Morgan fingerprint density at radius 2 is 1.44 bits per heavy atom. The first kappa shape index (κ1) is 17.6. The Morgan fingerprint density at radius 1 is 0.944 bits per heavy atom. The number of Topliss-reactive ketones (excluding diaryl/α,β-unsaturated/α-hetero) is 1. The average Bonchev–Trinajstić information content (AvgIpc) is 2.18. The molecule has 0 unspecified atom stereocenters. The van der Waals surface area contributed by atoms with E-state index >= 15 is 0 Å². The molecule has 0 aromatic heterocycles. The van der Waals surface area contributed by atoms with Crippen LogP contribution in [0.5, 0.6) is 0 Å². The van der Waals surface area contributed by atoms with Gasteiger partial charge in [-0.2, -0.15) is 0 Å². The Kier molecular flexibility index (Phi) is 7.67. The highest BCUT2D eigenvalue weighted by molar-refractivity contribution is 5.83. The van der Waals surface area contributed by atoms with E-state index < -0.39 is 0 Å². The van der Waals surface area contributed by atoms with Crippen LogP contribution in [0.15, 0.2) is 0 Å². The standard InChI is InChI=1S/C14H30NO3/c1-14(2,3)13(16)7-9-17-11-12-18-10-8-15(4,5)6/h7-12H2,1-6H3/q+1. The quantitative estimate of drug-likeness (QED) is 0.468. The van der Waals surface area contributed by atoms with E-state index in [0.717, 1.165) is 17.6 Å². The lowest BCUT2D eigenvalue weighted by Gasteiger charge is -2.23. The Bertz CT molecular complexity index is 238. The maximum absolute atomic E-state index is 11.6. The molecule has 0 amide bonds. The lowest BCUT2D eigenvalue weighted by atomic mass is 9.89. The van der Waals surface area contributed by atoms with Gasteiger partial charge in [-0.05, 0) is 0 Å². The number of nitrogens with zero attached hydrogens (tertiary/aromatic N) is 1. The average molecular weight is 260 g/mol. The molecule has 0 saturated heterocycles. The third kappa shape index (κ3) is 10.7. The fourth-order valence-corrected chi connectivity index (χ4v) is 1.20. The summed E-state index contributed by atoms with van der Waals surface area (Å²) in [5, 5.41) is 0. The molecular formula is C14H30NO3+. The van der Waals surface area contributed by atoms with Crippen LogP contribution in [0, 0.1) is 5.41 Å². The number of hydrogen-bond acceptors (Lipinski definition) is 3. The summed E-state index contributed by atoms with van der Waals surface area (Å²) in [7, 11) is 6.41. The van der Waals surface area contributed by atoms with Gasteiger partial charge in [0.25, 0.3) is 0 Å². The zero-order valence-corrected chi connectivity index (χ0v) is 12.9. The zero-order valence-electron chi connectivity index (χ0n) is 12.9. The van der Waals surface area contributed by atoms with E-state index in [1.807, 2.05) is 20.8 Å². The molecule has 0 atom stereocenters. The van der Waals surface area contributed by atoms with E-state index in [-0.39, 0.29) is 11.2 Å². The third-order valence-electron chi connectivity index (χ3n) is 2.59. The molecule has 0 aliphatic heterocycles. The summed E-state index contributed by atoms with van der Waals surface area (Å²) >= 11 is 0. The lowest BCUT2D eigenvalue weighted by Crippen LogP contribution is -2.37. The van der Waals surface area contributed by atoms with Crippen molar-refractivity contribution in [2.75, 3.05) is 54.1 Å². The monoisotopic (exact) mass is 260 g/mol. The molecule has 0 aliphatic rings. The summed E-state index contributed by atoms with van der Waals surface area (Å²) in [6.45, 7) is 9.19. The zero-order chi connectivity index (χ0) is 14.2. The number of ether oxygens (including phenoxy) is 2. The second kappa shape index (κ2) is 7.87. The molecule has 108 valence electrons. The molecule has 4 nitrogen and oxygen atoms in total. The molecule has 0 bridgehead atoms. The summed E-state index contributed by atoms with van der Waals surface area (Å²) in [5.41, 5.74) is -0.259. The molecule has 0 aromatic carbocycles. The molecule has 0 heterocycles. The van der Waals surface area contributed by atoms with Crippen molar-refractivity contribution in [3.63, 3.8) is 0 Å². The van der Waals surface area contributed by atoms with Crippen LogP contribution >= 0.6 is 0 Å². The maximum Gasteiger partial charge on any atom is 0.140 e. The van der Waals surface area contributed by atoms with E-state index in [9.17, 15) is 4.79 Å². The highest BCUT2D eigenvalue weighted by Crippen LogP contribution is 2.16. The Labute approximate surface area is 112 Å². The van der Waals surface area contributed by atoms with Crippen molar-refractivity contribution in [2.24, 2.45) is 5.41 Å². The molecule has 0 fully saturated rings. The molecule has 4 heteroatoms. The van der Waals surface area contributed by atoms with Crippen molar-refractivity contribution in [3.8, 4) is 0 Å². The second-order valence-electron chi connectivity index (χ2n) is 6.66. The van der Waals surface area contributed by atoms with Gasteiger partial charge in [0.15, 0.2) is 0 Å². The van der Waals surface area contributed by atoms with Gasteiger partial charge < -0.3 is 14.0 Å². The predicted molar refractivity (Wildman–Crippen MR) is 73.6 cm³/mol. The van der Waals surface area contributed by atoms with Crippen molar-refractivity contribution in [1.29, 1.82) is 0 Å². The molecule has 0 radical (unpaired) electrons. The number of ketones is 1. The smallest absolute Gasteiger partial charge is 0.140 e. The first-order valence-electron chi connectivity index (χ1n) is 6.62. The van der Waals surface area contributed by atoms with Gasteiger partial charge in [0.05, 0.1) is 47.6 Å². The van der Waals surface area contributed by atoms with Gasteiger partial charge in [0.1, 0.15) is 12.3 Å². The number of carbonyl (C=O) groups is 1. The minimum atomic E-state index is -0.259. The highest BCUT2D eigenvalue weighted by Gasteiger charge is 2.20. The molecule has 0 N–H and O–H groups in total. The van der Waals surface area contributed by atoms with E-state index in [0.29, 0.717) is 26.2 Å². The van der Waals surface area contributed by atoms with Crippen LogP contribution in [0.1, 0.15) is 27.2 Å². The van der Waals surface area contributed by atoms with Gasteiger partial charge in [-0.1, -0.05) is 20.8 Å². The van der Waals surface area contributed by atoms with Gasteiger partial charge in [-0.15, -0.1) is 0 Å². The van der Waals surface area contributed by atoms with E-state index in [4.69, 9.17) is 9.47 Å².